The number of carboxylic acids is 2. The van der Waals surface area contributed by atoms with Gasteiger partial charge in [-0.25, -0.2) is 0 Å². The second-order valence-electron chi connectivity index (χ2n) is 7.95. The summed E-state index contributed by atoms with van der Waals surface area (Å²) in [4.78, 5) is 24.0. The molecule has 5 heteroatoms. The Kier molecular flexibility index (Phi) is 9.33. The highest BCUT2D eigenvalue weighted by molar-refractivity contribution is 5.81. The number of ether oxygens (including phenoxy) is 1. The largest absolute Gasteiger partial charge is 0.494 e. The summed E-state index contributed by atoms with van der Waals surface area (Å²) in [5, 5.41) is 19.6. The van der Waals surface area contributed by atoms with Crippen molar-refractivity contribution in [3.63, 3.8) is 0 Å². The summed E-state index contributed by atoms with van der Waals surface area (Å²) < 4.78 is 5.56. The molecular formula is C22H34O5. The van der Waals surface area contributed by atoms with Crippen molar-refractivity contribution in [2.24, 2.45) is 11.8 Å². The third-order valence-corrected chi connectivity index (χ3v) is 4.78. The van der Waals surface area contributed by atoms with Crippen molar-refractivity contribution in [1.82, 2.24) is 0 Å². The summed E-state index contributed by atoms with van der Waals surface area (Å²) in [7, 11) is 0. The van der Waals surface area contributed by atoms with E-state index in [9.17, 15) is 19.8 Å². The van der Waals surface area contributed by atoms with Crippen molar-refractivity contribution in [3.8, 4) is 5.75 Å². The summed E-state index contributed by atoms with van der Waals surface area (Å²) >= 11 is 0. The molecule has 152 valence electrons. The molecule has 0 fully saturated rings. The third kappa shape index (κ3) is 7.24. The van der Waals surface area contributed by atoms with Crippen molar-refractivity contribution < 1.29 is 24.5 Å². The first-order valence-corrected chi connectivity index (χ1v) is 9.89. The van der Waals surface area contributed by atoms with Crippen LogP contribution in [-0.4, -0.2) is 28.8 Å². The van der Waals surface area contributed by atoms with Crippen molar-refractivity contribution in [1.29, 1.82) is 0 Å². The molecule has 2 unspecified atom stereocenters. The van der Waals surface area contributed by atoms with Crippen LogP contribution in [0.25, 0.3) is 0 Å². The highest BCUT2D eigenvalue weighted by Crippen LogP contribution is 2.36. The molecule has 27 heavy (non-hydrogen) atoms. The van der Waals surface area contributed by atoms with Gasteiger partial charge in [-0.2, -0.15) is 0 Å². The minimum Gasteiger partial charge on any atom is -0.494 e. The van der Waals surface area contributed by atoms with Crippen LogP contribution in [0.4, 0.5) is 0 Å². The maximum Gasteiger partial charge on any atom is 0.310 e. The molecule has 1 aromatic carbocycles. The van der Waals surface area contributed by atoms with Gasteiger partial charge in [-0.1, -0.05) is 33.8 Å². The number of benzene rings is 1. The molecule has 0 amide bonds. The van der Waals surface area contributed by atoms with Gasteiger partial charge in [-0.05, 0) is 67.7 Å². The Morgan fingerprint density at radius 3 is 1.74 bits per heavy atom. The van der Waals surface area contributed by atoms with Crippen LogP contribution in [0.5, 0.6) is 5.75 Å². The fraction of sp³-hybridized carbons (Fsp3) is 0.636. The molecule has 0 aliphatic carbocycles. The molecule has 5 nitrogen and oxygen atoms in total. The summed E-state index contributed by atoms with van der Waals surface area (Å²) in [6.45, 7) is 10.6. The topological polar surface area (TPSA) is 83.8 Å². The average Bonchev–Trinajstić information content (AvgIpc) is 2.55. The van der Waals surface area contributed by atoms with Crippen LogP contribution in [0.3, 0.4) is 0 Å². The first-order valence-electron chi connectivity index (χ1n) is 9.89. The first-order chi connectivity index (χ1) is 12.7. The molecular weight excluding hydrogens is 344 g/mol. The minimum absolute atomic E-state index is 0.376. The van der Waals surface area contributed by atoms with Crippen molar-refractivity contribution in [3.05, 3.63) is 29.3 Å². The van der Waals surface area contributed by atoms with Crippen LogP contribution in [0.1, 0.15) is 83.3 Å². The Hall–Kier alpha value is -2.04. The Labute approximate surface area is 162 Å². The van der Waals surface area contributed by atoms with E-state index in [1.807, 2.05) is 6.92 Å². The lowest BCUT2D eigenvalue weighted by molar-refractivity contribution is -0.140. The molecule has 0 aliphatic rings. The minimum atomic E-state index is -0.918. The summed E-state index contributed by atoms with van der Waals surface area (Å²) in [5.41, 5.74) is 1.17. The van der Waals surface area contributed by atoms with Gasteiger partial charge < -0.3 is 14.9 Å². The normalized spacial score (nSPS) is 13.6. The van der Waals surface area contributed by atoms with Gasteiger partial charge in [0.2, 0.25) is 0 Å². The van der Waals surface area contributed by atoms with Crippen LogP contribution < -0.4 is 4.74 Å². The zero-order valence-corrected chi connectivity index (χ0v) is 17.2. The molecule has 0 aliphatic heterocycles. The van der Waals surface area contributed by atoms with E-state index in [4.69, 9.17) is 4.74 Å². The van der Waals surface area contributed by atoms with E-state index >= 15 is 0 Å². The molecule has 1 rings (SSSR count). The van der Waals surface area contributed by atoms with Crippen LogP contribution in [0, 0.1) is 11.8 Å². The molecule has 0 aromatic heterocycles. The molecule has 0 spiro atoms. The Morgan fingerprint density at radius 2 is 1.33 bits per heavy atom. The maximum absolute atomic E-state index is 12.0. The van der Waals surface area contributed by atoms with Crippen LogP contribution in [0.15, 0.2) is 18.2 Å². The molecule has 2 N–H and O–H groups in total. The quantitative estimate of drug-likeness (QED) is 0.516. The summed E-state index contributed by atoms with van der Waals surface area (Å²) in [6, 6.07) is 5.21. The maximum atomic E-state index is 12.0. The van der Waals surface area contributed by atoms with E-state index in [0.29, 0.717) is 48.2 Å². The van der Waals surface area contributed by atoms with Crippen molar-refractivity contribution >= 4 is 11.9 Å². The van der Waals surface area contributed by atoms with Gasteiger partial charge in [0.05, 0.1) is 18.4 Å². The van der Waals surface area contributed by atoms with E-state index in [2.05, 4.69) is 27.7 Å². The second-order valence-corrected chi connectivity index (χ2v) is 7.95. The molecule has 2 atom stereocenters. The van der Waals surface area contributed by atoms with E-state index in [1.54, 1.807) is 18.2 Å². The van der Waals surface area contributed by atoms with Gasteiger partial charge in [-0.15, -0.1) is 0 Å². The van der Waals surface area contributed by atoms with E-state index in [0.717, 1.165) is 12.8 Å². The molecule has 0 saturated carbocycles. The predicted octanol–water partition coefficient (Wildman–Crippen LogP) is 5.29. The Bertz CT molecular complexity index is 621. The molecule has 0 bridgehead atoms. The van der Waals surface area contributed by atoms with Crippen molar-refractivity contribution in [2.45, 2.75) is 72.1 Å². The molecule has 0 radical (unpaired) electrons. The predicted molar refractivity (Wildman–Crippen MR) is 107 cm³/mol. The van der Waals surface area contributed by atoms with Gasteiger partial charge in [0.15, 0.2) is 0 Å². The monoisotopic (exact) mass is 378 g/mol. The zero-order valence-electron chi connectivity index (χ0n) is 17.2. The number of rotatable bonds is 12. The number of hydrogen-bond acceptors (Lipinski definition) is 3. The highest BCUT2D eigenvalue weighted by Gasteiger charge is 2.29. The van der Waals surface area contributed by atoms with E-state index in [1.165, 1.54) is 0 Å². The number of aliphatic carboxylic acids is 2. The lowest BCUT2D eigenvalue weighted by Gasteiger charge is -2.23. The van der Waals surface area contributed by atoms with Crippen molar-refractivity contribution in [2.75, 3.05) is 6.61 Å². The van der Waals surface area contributed by atoms with E-state index in [-0.39, 0.29) is 0 Å². The highest BCUT2D eigenvalue weighted by atomic mass is 16.5. The number of hydrogen-bond donors (Lipinski definition) is 2. The van der Waals surface area contributed by atoms with Gasteiger partial charge in [0.1, 0.15) is 5.75 Å². The standard InChI is InChI=1S/C22H34O5/c1-6-27-16-9-12-17(18(21(23)24)10-7-14(2)3)20(13-16)19(22(25)26)11-8-15(4)5/h9,12-15,18-19H,6-8,10-11H2,1-5H3,(H,23,24)(H,25,26). The number of carbonyl (C=O) groups is 2. The van der Waals surface area contributed by atoms with Gasteiger partial charge in [0.25, 0.3) is 0 Å². The Morgan fingerprint density at radius 1 is 0.852 bits per heavy atom. The second kappa shape index (κ2) is 11.0. The lowest BCUT2D eigenvalue weighted by Crippen LogP contribution is -2.20. The number of carboxylic acid groups (broad SMARTS) is 2. The first kappa shape index (κ1) is 23.0. The van der Waals surface area contributed by atoms with Gasteiger partial charge >= 0.3 is 11.9 Å². The fourth-order valence-corrected chi connectivity index (χ4v) is 3.25. The average molecular weight is 379 g/mol. The Balaban J connectivity index is 3.39. The molecule has 0 heterocycles. The molecule has 1 aromatic rings. The fourth-order valence-electron chi connectivity index (χ4n) is 3.25. The smallest absolute Gasteiger partial charge is 0.310 e. The molecule has 0 saturated heterocycles. The third-order valence-electron chi connectivity index (χ3n) is 4.78. The van der Waals surface area contributed by atoms with Gasteiger partial charge in [-0.3, -0.25) is 9.59 Å². The lowest BCUT2D eigenvalue weighted by atomic mass is 9.81. The zero-order chi connectivity index (χ0) is 20.6. The summed E-state index contributed by atoms with van der Waals surface area (Å²) in [6.07, 6.45) is 2.50. The van der Waals surface area contributed by atoms with Crippen LogP contribution in [0.2, 0.25) is 0 Å². The summed E-state index contributed by atoms with van der Waals surface area (Å²) in [5.74, 6) is -1.92. The SMILES string of the molecule is CCOc1ccc(C(CCC(C)C)C(=O)O)c(C(CCC(C)C)C(=O)O)c1. The van der Waals surface area contributed by atoms with Crippen LogP contribution >= 0.6 is 0 Å². The van der Waals surface area contributed by atoms with Crippen LogP contribution in [-0.2, 0) is 9.59 Å². The van der Waals surface area contributed by atoms with E-state index < -0.39 is 23.8 Å². The van der Waals surface area contributed by atoms with Gasteiger partial charge in [0, 0.05) is 0 Å².